The van der Waals surface area contributed by atoms with Gasteiger partial charge in [0.25, 0.3) is 0 Å². The van der Waals surface area contributed by atoms with Crippen molar-refractivity contribution in [1.29, 1.82) is 0 Å². The summed E-state index contributed by atoms with van der Waals surface area (Å²) in [5, 5.41) is 4.38. The highest BCUT2D eigenvalue weighted by Crippen LogP contribution is 2.21. The van der Waals surface area contributed by atoms with Crippen LogP contribution in [0.5, 0.6) is 0 Å². The van der Waals surface area contributed by atoms with Crippen LogP contribution in [0.25, 0.3) is 5.69 Å². The molecule has 1 unspecified atom stereocenters. The maximum absolute atomic E-state index is 13.1. The van der Waals surface area contributed by atoms with Gasteiger partial charge in [0.15, 0.2) is 9.84 Å². The Bertz CT molecular complexity index is 1100. The van der Waals surface area contributed by atoms with E-state index in [1.807, 2.05) is 48.7 Å². The van der Waals surface area contributed by atoms with Gasteiger partial charge < -0.3 is 4.90 Å². The maximum atomic E-state index is 13.1. The number of sulfone groups is 1. The van der Waals surface area contributed by atoms with Crippen molar-refractivity contribution in [1.82, 2.24) is 19.7 Å². The number of hydrogen-bond acceptors (Lipinski definition) is 5. The van der Waals surface area contributed by atoms with Gasteiger partial charge in [-0.1, -0.05) is 24.3 Å². The van der Waals surface area contributed by atoms with Crippen LogP contribution in [0.3, 0.4) is 0 Å². The number of carbonyl (C=O) groups excluding carboxylic acids is 1. The van der Waals surface area contributed by atoms with Crippen molar-refractivity contribution in [3.8, 4) is 5.69 Å². The summed E-state index contributed by atoms with van der Waals surface area (Å²) in [6, 6.07) is 13.2. The molecule has 2 aromatic heterocycles. The van der Waals surface area contributed by atoms with Crippen LogP contribution in [0.15, 0.2) is 67.3 Å². The van der Waals surface area contributed by atoms with Crippen LogP contribution in [-0.2, 0) is 27.6 Å². The van der Waals surface area contributed by atoms with E-state index < -0.39 is 9.84 Å². The normalized spacial score (nSPS) is 17.7. The number of rotatable bonds is 7. The molecule has 3 heterocycles. The summed E-state index contributed by atoms with van der Waals surface area (Å²) in [5.74, 6) is 0.122. The van der Waals surface area contributed by atoms with Crippen molar-refractivity contribution in [2.24, 2.45) is 0 Å². The van der Waals surface area contributed by atoms with Gasteiger partial charge in [-0.3, -0.25) is 9.78 Å². The van der Waals surface area contributed by atoms with Gasteiger partial charge in [-0.05, 0) is 42.2 Å². The van der Waals surface area contributed by atoms with Crippen LogP contribution < -0.4 is 0 Å². The van der Waals surface area contributed by atoms with Crippen LogP contribution in [0.4, 0.5) is 0 Å². The largest absolute Gasteiger partial charge is 0.334 e. The lowest BCUT2D eigenvalue weighted by Crippen LogP contribution is -2.40. The number of hydrogen-bond donors (Lipinski definition) is 0. The number of benzene rings is 1. The molecule has 156 valence electrons. The van der Waals surface area contributed by atoms with Gasteiger partial charge in [-0.15, -0.1) is 0 Å². The number of para-hydroxylation sites is 1. The van der Waals surface area contributed by atoms with E-state index in [-0.39, 0.29) is 23.5 Å². The Hall–Kier alpha value is -3.00. The lowest BCUT2D eigenvalue weighted by molar-refractivity contribution is -0.133. The molecule has 0 N–H and O–H groups in total. The molecule has 0 saturated carbocycles. The van der Waals surface area contributed by atoms with Crippen LogP contribution in [0, 0.1) is 0 Å². The Labute approximate surface area is 176 Å². The van der Waals surface area contributed by atoms with Crippen LogP contribution in [0.2, 0.25) is 0 Å². The average Bonchev–Trinajstić information content (AvgIpc) is 3.38. The van der Waals surface area contributed by atoms with E-state index in [9.17, 15) is 13.2 Å². The minimum Gasteiger partial charge on any atom is -0.334 e. The van der Waals surface area contributed by atoms with E-state index in [0.29, 0.717) is 25.8 Å². The van der Waals surface area contributed by atoms with Crippen molar-refractivity contribution < 1.29 is 13.2 Å². The van der Waals surface area contributed by atoms with Crippen molar-refractivity contribution in [3.63, 3.8) is 0 Å². The summed E-state index contributed by atoms with van der Waals surface area (Å²) in [6.07, 6.45) is 8.43. The molecule has 4 rings (SSSR count). The van der Waals surface area contributed by atoms with Gasteiger partial charge in [-0.25, -0.2) is 13.1 Å². The van der Waals surface area contributed by atoms with Gasteiger partial charge >= 0.3 is 0 Å². The highest BCUT2D eigenvalue weighted by atomic mass is 32.2. The molecule has 1 fully saturated rings. The van der Waals surface area contributed by atoms with Crippen molar-refractivity contribution in [2.45, 2.75) is 31.8 Å². The van der Waals surface area contributed by atoms with E-state index in [4.69, 9.17) is 0 Å². The summed E-state index contributed by atoms with van der Waals surface area (Å²) >= 11 is 0. The average molecular weight is 425 g/mol. The molecule has 1 aromatic carbocycles. The highest BCUT2D eigenvalue weighted by Gasteiger charge is 2.34. The summed E-state index contributed by atoms with van der Waals surface area (Å²) in [6.45, 7) is 0.371. The fourth-order valence-corrected chi connectivity index (χ4v) is 5.47. The Morgan fingerprint density at radius 3 is 2.63 bits per heavy atom. The molecule has 3 aromatic rings. The molecule has 0 bridgehead atoms. The van der Waals surface area contributed by atoms with Crippen LogP contribution >= 0.6 is 0 Å². The quantitative estimate of drug-likeness (QED) is 0.582. The first kappa shape index (κ1) is 20.3. The van der Waals surface area contributed by atoms with Gasteiger partial charge in [0.2, 0.25) is 5.91 Å². The van der Waals surface area contributed by atoms with Gasteiger partial charge in [0.05, 0.1) is 23.4 Å². The summed E-state index contributed by atoms with van der Waals surface area (Å²) in [5.41, 5.74) is 2.82. The van der Waals surface area contributed by atoms with Gasteiger partial charge in [0, 0.05) is 37.6 Å². The number of pyridine rings is 1. The predicted octanol–water partition coefficient (Wildman–Crippen LogP) is 2.42. The zero-order chi connectivity index (χ0) is 21.0. The third-order valence-corrected chi connectivity index (χ3v) is 7.08. The summed E-state index contributed by atoms with van der Waals surface area (Å²) in [7, 11) is -3.08. The lowest BCUT2D eigenvalue weighted by Gasteiger charge is -2.28. The molecule has 1 aliphatic rings. The zero-order valence-corrected chi connectivity index (χ0v) is 17.4. The molecule has 1 atom stereocenters. The third-order valence-electron chi connectivity index (χ3n) is 5.33. The van der Waals surface area contributed by atoms with Crippen molar-refractivity contribution in [2.75, 3.05) is 11.5 Å². The van der Waals surface area contributed by atoms with E-state index in [1.54, 1.807) is 28.2 Å². The SMILES string of the molecule is O=C(CCc1cnn(-c2ccccc2)c1)N(Cc1cccnc1)C1CCS(=O)(=O)C1. The maximum Gasteiger partial charge on any atom is 0.223 e. The second-order valence-corrected chi connectivity index (χ2v) is 9.80. The molecule has 7 nitrogen and oxygen atoms in total. The molecule has 8 heteroatoms. The zero-order valence-electron chi connectivity index (χ0n) is 16.6. The van der Waals surface area contributed by atoms with E-state index in [2.05, 4.69) is 10.1 Å². The number of aromatic nitrogens is 3. The molecule has 1 saturated heterocycles. The third kappa shape index (κ3) is 4.94. The Morgan fingerprint density at radius 2 is 1.93 bits per heavy atom. The molecule has 1 aliphatic heterocycles. The van der Waals surface area contributed by atoms with Gasteiger partial charge in [0.1, 0.15) is 0 Å². The summed E-state index contributed by atoms with van der Waals surface area (Å²) < 4.78 is 25.7. The minimum atomic E-state index is -3.08. The predicted molar refractivity (Wildman–Crippen MR) is 114 cm³/mol. The topological polar surface area (TPSA) is 85.2 Å². The van der Waals surface area contributed by atoms with Crippen LogP contribution in [-0.4, -0.2) is 51.5 Å². The Morgan fingerprint density at radius 1 is 1.10 bits per heavy atom. The molecular weight excluding hydrogens is 400 g/mol. The van der Waals surface area contributed by atoms with Crippen molar-refractivity contribution in [3.05, 3.63) is 78.4 Å². The minimum absolute atomic E-state index is 0.0327. The smallest absolute Gasteiger partial charge is 0.223 e. The summed E-state index contributed by atoms with van der Waals surface area (Å²) in [4.78, 5) is 18.9. The second-order valence-electron chi connectivity index (χ2n) is 7.57. The van der Waals surface area contributed by atoms with Gasteiger partial charge in [-0.2, -0.15) is 5.10 Å². The first-order valence-electron chi connectivity index (χ1n) is 9.98. The monoisotopic (exact) mass is 424 g/mol. The van der Waals surface area contributed by atoms with E-state index in [1.165, 1.54) is 0 Å². The van der Waals surface area contributed by atoms with E-state index >= 15 is 0 Å². The number of carbonyl (C=O) groups is 1. The molecule has 0 aliphatic carbocycles. The molecule has 30 heavy (non-hydrogen) atoms. The fourth-order valence-electron chi connectivity index (χ4n) is 3.74. The highest BCUT2D eigenvalue weighted by molar-refractivity contribution is 7.91. The number of aryl methyl sites for hydroxylation is 1. The van der Waals surface area contributed by atoms with Crippen LogP contribution in [0.1, 0.15) is 24.0 Å². The Balaban J connectivity index is 1.44. The first-order valence-corrected chi connectivity index (χ1v) is 11.8. The second kappa shape index (κ2) is 8.79. The van der Waals surface area contributed by atoms with E-state index in [0.717, 1.165) is 16.8 Å². The molecular formula is C22H24N4O3S. The molecule has 0 spiro atoms. The lowest BCUT2D eigenvalue weighted by atomic mass is 10.1. The fraction of sp³-hybridized carbons (Fsp3) is 0.318. The number of nitrogens with zero attached hydrogens (tertiary/aromatic N) is 4. The molecule has 1 amide bonds. The van der Waals surface area contributed by atoms with Crippen molar-refractivity contribution >= 4 is 15.7 Å². The Kier molecular flexibility index (Phi) is 5.94. The number of amides is 1. The molecule has 0 radical (unpaired) electrons. The first-order chi connectivity index (χ1) is 14.5. The standard InChI is InChI=1S/C22H24N4O3S/c27-22(9-8-19-14-24-26(16-19)20-6-2-1-3-7-20)25(15-18-5-4-11-23-13-18)21-10-12-30(28,29)17-21/h1-7,11,13-14,16,21H,8-10,12,15,17H2.